The average molecular weight is 715 g/mol. The first-order chi connectivity index (χ1) is 23.7. The van der Waals surface area contributed by atoms with Crippen LogP contribution >= 0.6 is 0 Å². The molecule has 6 N–H and O–H groups in total. The van der Waals surface area contributed by atoms with Crippen LogP contribution in [-0.4, -0.2) is 46.7 Å². The average Bonchev–Trinajstić information content (AvgIpc) is 3.06. The lowest BCUT2D eigenvalue weighted by molar-refractivity contribution is 0.599. The van der Waals surface area contributed by atoms with E-state index in [4.69, 9.17) is 11.5 Å². The Morgan fingerprint density at radius 1 is 0.460 bits per heavy atom. The van der Waals surface area contributed by atoms with Gasteiger partial charge in [0, 0.05) is 58.9 Å². The van der Waals surface area contributed by atoms with E-state index >= 15 is 0 Å². The molecule has 6 rings (SSSR count). The fourth-order valence-electron chi connectivity index (χ4n) is 3.82. The van der Waals surface area contributed by atoms with Crippen LogP contribution in [0.25, 0.3) is 0 Å². The van der Waals surface area contributed by atoms with E-state index in [1.54, 1.807) is 64.6 Å². The number of nitrogens with one attached hydrogen (secondary N) is 2. The molecule has 0 saturated carbocycles. The number of hydrogen-bond donors (Lipinski definition) is 4. The van der Waals surface area contributed by atoms with Crippen molar-refractivity contribution >= 4 is 43.3 Å². The fraction of sp³-hybridized carbons (Fsp3) is 0.118. The van der Waals surface area contributed by atoms with Crippen LogP contribution in [0.2, 0.25) is 0 Å². The van der Waals surface area contributed by atoms with Crippen molar-refractivity contribution in [1.29, 1.82) is 0 Å². The minimum absolute atomic E-state index is 0.0642. The Bertz CT molecular complexity index is 1890. The van der Waals surface area contributed by atoms with E-state index in [1.165, 1.54) is 48.5 Å². The van der Waals surface area contributed by atoms with Crippen LogP contribution in [0.3, 0.4) is 0 Å². The molecule has 0 bridgehead atoms. The maximum Gasteiger partial charge on any atom is 0.264 e. The third-order valence-corrected chi connectivity index (χ3v) is 8.62. The van der Waals surface area contributed by atoms with Gasteiger partial charge in [-0.25, -0.2) is 46.2 Å². The molecule has 0 amide bonds. The topological polar surface area (TPSA) is 222 Å². The second kappa shape index (κ2) is 18.5. The molecule has 0 saturated heterocycles. The van der Waals surface area contributed by atoms with E-state index < -0.39 is 20.0 Å². The summed E-state index contributed by atoms with van der Waals surface area (Å²) in [5, 5.41) is 0. The van der Waals surface area contributed by atoms with Gasteiger partial charge in [-0.1, -0.05) is 12.1 Å². The molecule has 6 aromatic rings. The first kappa shape index (κ1) is 38.4. The van der Waals surface area contributed by atoms with Gasteiger partial charge in [-0.05, 0) is 113 Å². The lowest BCUT2D eigenvalue weighted by Gasteiger charge is -2.08. The third kappa shape index (κ3) is 13.6. The molecule has 0 aliphatic carbocycles. The molecule has 0 aliphatic heterocycles. The summed E-state index contributed by atoms with van der Waals surface area (Å²) in [5.74, 6) is 0.128. The molecule has 0 fully saturated rings. The van der Waals surface area contributed by atoms with Crippen molar-refractivity contribution in [1.82, 2.24) is 29.9 Å². The first-order valence-corrected chi connectivity index (χ1v) is 17.8. The quantitative estimate of drug-likeness (QED) is 0.165. The van der Waals surface area contributed by atoms with Crippen LogP contribution in [0.4, 0.5) is 23.3 Å². The smallest absolute Gasteiger partial charge is 0.264 e. The normalized spacial score (nSPS) is 10.5. The molecule has 2 aromatic carbocycles. The van der Waals surface area contributed by atoms with Crippen LogP contribution in [0.1, 0.15) is 22.8 Å². The Balaban J connectivity index is 0.000000203. The minimum atomic E-state index is -3.69. The summed E-state index contributed by atoms with van der Waals surface area (Å²) in [6.45, 7) is 7.09. The molecule has 0 radical (unpaired) electrons. The SMILES string of the molecule is Cc1cc(C)nc(NS(=O)(=O)c2ccc(N)cc2)n1.Cc1cc(C)nc(NS(=O)(=O)c2ccc(N)cc2)n1.c1ccncc1.c1ccncc1. The zero-order valence-electron chi connectivity index (χ0n) is 27.8. The number of anilines is 4. The standard InChI is InChI=1S/2C12H14N4O2S.2C5H5N/c2*1-8-7-9(2)15-12(14-8)16-19(17,18)11-5-3-10(13)4-6-11;2*1-2-4-6-5-3-1/h2*3-7H,13H2,1-2H3,(H,14,15,16);2*1-5H. The number of benzene rings is 2. The summed E-state index contributed by atoms with van der Waals surface area (Å²) < 4.78 is 53.1. The summed E-state index contributed by atoms with van der Waals surface area (Å²) in [6, 6.07) is 26.8. The van der Waals surface area contributed by atoms with Gasteiger partial charge in [0.1, 0.15) is 0 Å². The first-order valence-electron chi connectivity index (χ1n) is 14.8. The molecule has 4 heterocycles. The largest absolute Gasteiger partial charge is 0.399 e. The number of nitrogens with two attached hydrogens (primary N) is 2. The minimum Gasteiger partial charge on any atom is -0.399 e. The van der Waals surface area contributed by atoms with Gasteiger partial charge in [0.15, 0.2) is 0 Å². The molecular formula is C34H38N10O4S2. The Hall–Kier alpha value is -6.00. The Kier molecular flexibility index (Phi) is 14.2. The van der Waals surface area contributed by atoms with Crippen molar-refractivity contribution in [2.45, 2.75) is 37.5 Å². The fourth-order valence-corrected chi connectivity index (χ4v) is 5.71. The van der Waals surface area contributed by atoms with Crippen molar-refractivity contribution in [2.24, 2.45) is 0 Å². The van der Waals surface area contributed by atoms with E-state index in [2.05, 4.69) is 39.3 Å². The molecule has 0 atom stereocenters. The van der Waals surface area contributed by atoms with Gasteiger partial charge in [0.05, 0.1) is 9.79 Å². The lowest BCUT2D eigenvalue weighted by atomic mass is 10.3. The maximum atomic E-state index is 12.1. The summed E-state index contributed by atoms with van der Waals surface area (Å²) in [4.78, 5) is 23.9. The number of aryl methyl sites for hydroxylation is 4. The van der Waals surface area contributed by atoms with E-state index in [1.807, 2.05) is 36.4 Å². The molecule has 0 aliphatic rings. The van der Waals surface area contributed by atoms with E-state index in [-0.39, 0.29) is 21.7 Å². The summed E-state index contributed by atoms with van der Waals surface area (Å²) >= 11 is 0. The summed E-state index contributed by atoms with van der Waals surface area (Å²) in [6.07, 6.45) is 7.00. The van der Waals surface area contributed by atoms with Gasteiger partial charge in [0.2, 0.25) is 11.9 Å². The number of sulfonamides is 2. The maximum absolute atomic E-state index is 12.1. The van der Waals surface area contributed by atoms with Gasteiger partial charge >= 0.3 is 0 Å². The van der Waals surface area contributed by atoms with Crippen molar-refractivity contribution in [3.05, 3.63) is 145 Å². The molecule has 0 unspecified atom stereocenters. The molecule has 16 heteroatoms. The van der Waals surface area contributed by atoms with E-state index in [9.17, 15) is 16.8 Å². The van der Waals surface area contributed by atoms with Gasteiger partial charge in [-0.15, -0.1) is 0 Å². The Morgan fingerprint density at radius 3 is 0.960 bits per heavy atom. The predicted molar refractivity (Wildman–Crippen MR) is 195 cm³/mol. The molecule has 260 valence electrons. The highest BCUT2D eigenvalue weighted by atomic mass is 32.2. The zero-order chi connectivity index (χ0) is 36.6. The Labute approximate surface area is 292 Å². The predicted octanol–water partition coefficient (Wildman–Crippen LogP) is 5.12. The number of pyridine rings is 2. The number of aromatic nitrogens is 6. The molecule has 0 spiro atoms. The number of rotatable bonds is 6. The molecular weight excluding hydrogens is 677 g/mol. The molecule has 14 nitrogen and oxygen atoms in total. The van der Waals surface area contributed by atoms with Crippen LogP contribution in [-0.2, 0) is 20.0 Å². The molecule has 4 aromatic heterocycles. The van der Waals surface area contributed by atoms with E-state index in [0.717, 1.165) is 0 Å². The Morgan fingerprint density at radius 2 is 0.740 bits per heavy atom. The number of hydrogen-bond acceptors (Lipinski definition) is 12. The number of nitrogen functional groups attached to an aromatic ring is 2. The monoisotopic (exact) mass is 714 g/mol. The second-order valence-corrected chi connectivity index (χ2v) is 13.7. The van der Waals surface area contributed by atoms with Gasteiger partial charge in [-0.3, -0.25) is 9.97 Å². The van der Waals surface area contributed by atoms with Crippen molar-refractivity contribution in [2.75, 3.05) is 20.9 Å². The van der Waals surface area contributed by atoms with Gasteiger partial charge in [-0.2, -0.15) is 0 Å². The van der Waals surface area contributed by atoms with Gasteiger partial charge in [0.25, 0.3) is 20.0 Å². The zero-order valence-corrected chi connectivity index (χ0v) is 29.5. The van der Waals surface area contributed by atoms with Crippen LogP contribution in [0, 0.1) is 27.7 Å². The van der Waals surface area contributed by atoms with E-state index in [0.29, 0.717) is 34.2 Å². The lowest BCUT2D eigenvalue weighted by Crippen LogP contribution is -2.15. The van der Waals surface area contributed by atoms with Crippen molar-refractivity contribution in [3.63, 3.8) is 0 Å². The van der Waals surface area contributed by atoms with Crippen LogP contribution < -0.4 is 20.9 Å². The highest BCUT2D eigenvalue weighted by Gasteiger charge is 2.17. The highest BCUT2D eigenvalue weighted by Crippen LogP contribution is 2.17. The van der Waals surface area contributed by atoms with Gasteiger partial charge < -0.3 is 11.5 Å². The number of nitrogens with zero attached hydrogens (tertiary/aromatic N) is 6. The molecule has 50 heavy (non-hydrogen) atoms. The highest BCUT2D eigenvalue weighted by molar-refractivity contribution is 7.93. The van der Waals surface area contributed by atoms with Crippen molar-refractivity contribution < 1.29 is 16.8 Å². The van der Waals surface area contributed by atoms with Crippen LogP contribution in [0.15, 0.2) is 132 Å². The second-order valence-electron chi connectivity index (χ2n) is 10.3. The van der Waals surface area contributed by atoms with Crippen LogP contribution in [0.5, 0.6) is 0 Å². The van der Waals surface area contributed by atoms with Crippen molar-refractivity contribution in [3.8, 4) is 0 Å². The summed E-state index contributed by atoms with van der Waals surface area (Å²) in [7, 11) is -7.39. The summed E-state index contributed by atoms with van der Waals surface area (Å²) in [5.41, 5.74) is 14.8. The third-order valence-electron chi connectivity index (χ3n) is 5.93.